The number of aromatic hydroxyl groups is 1. The van der Waals surface area contributed by atoms with Crippen molar-refractivity contribution in [1.82, 2.24) is 14.5 Å². The van der Waals surface area contributed by atoms with E-state index in [9.17, 15) is 9.90 Å². The third-order valence-corrected chi connectivity index (χ3v) is 4.98. The molecule has 6 nitrogen and oxygen atoms in total. The molecule has 1 aromatic carbocycles. The van der Waals surface area contributed by atoms with Crippen LogP contribution in [-0.4, -0.2) is 25.5 Å². The van der Waals surface area contributed by atoms with Crippen LogP contribution in [0.2, 0.25) is 0 Å². The lowest BCUT2D eigenvalue weighted by Gasteiger charge is -2.22. The number of hydrogen-bond donors (Lipinski definition) is 2. The Balaban J connectivity index is 1.45. The minimum atomic E-state index is -0.0534. The zero-order valence-electron chi connectivity index (χ0n) is 12.8. The zero-order chi connectivity index (χ0) is 16.5. The number of phenols is 1. The fraction of sp³-hybridized carbons (Fsp3) is 0.235. The number of phenolic OH excluding ortho intramolecular Hbond substituents is 1. The van der Waals surface area contributed by atoms with Crippen molar-refractivity contribution in [3.05, 3.63) is 47.9 Å². The molecule has 0 radical (unpaired) electrons. The second-order valence-corrected chi connectivity index (χ2v) is 6.70. The number of aryl methyl sites for hydroxylation is 1. The minimum Gasteiger partial charge on any atom is -0.508 e. The molecule has 1 aliphatic heterocycles. The van der Waals surface area contributed by atoms with E-state index in [4.69, 9.17) is 0 Å². The summed E-state index contributed by atoms with van der Waals surface area (Å²) in [5, 5.41) is 14.9. The topological polar surface area (TPSA) is 80.0 Å². The Morgan fingerprint density at radius 1 is 1.42 bits per heavy atom. The van der Waals surface area contributed by atoms with Gasteiger partial charge >= 0.3 is 0 Å². The van der Waals surface area contributed by atoms with Gasteiger partial charge < -0.3 is 15.0 Å². The van der Waals surface area contributed by atoms with Crippen LogP contribution in [0.15, 0.2) is 42.2 Å². The second-order valence-electron chi connectivity index (χ2n) is 5.85. The highest BCUT2D eigenvalue weighted by molar-refractivity contribution is 7.14. The van der Waals surface area contributed by atoms with Gasteiger partial charge in [0, 0.05) is 41.7 Å². The molecule has 2 aromatic heterocycles. The molecular weight excluding hydrogens is 324 g/mol. The Bertz CT molecular complexity index is 886. The van der Waals surface area contributed by atoms with E-state index in [0.717, 1.165) is 29.9 Å². The lowest BCUT2D eigenvalue weighted by atomic mass is 9.95. The number of nitrogens with one attached hydrogen (secondary N) is 1. The summed E-state index contributed by atoms with van der Waals surface area (Å²) in [6.07, 6.45) is 5.14. The first-order chi connectivity index (χ1) is 11.7. The maximum atomic E-state index is 12.5. The third-order valence-electron chi connectivity index (χ3n) is 4.22. The van der Waals surface area contributed by atoms with Gasteiger partial charge in [0.2, 0.25) is 5.91 Å². The van der Waals surface area contributed by atoms with Crippen LogP contribution < -0.4 is 5.32 Å². The van der Waals surface area contributed by atoms with Gasteiger partial charge in [0.05, 0.1) is 12.0 Å². The molecule has 1 amide bonds. The summed E-state index contributed by atoms with van der Waals surface area (Å²) in [7, 11) is 0. The Morgan fingerprint density at radius 3 is 3.21 bits per heavy atom. The number of carbonyl (C=O) groups is 1. The van der Waals surface area contributed by atoms with Gasteiger partial charge in [0.15, 0.2) is 5.13 Å². The van der Waals surface area contributed by atoms with E-state index in [1.807, 2.05) is 24.0 Å². The number of nitrogens with zero attached hydrogens (tertiary/aromatic N) is 3. The molecule has 1 aliphatic rings. The van der Waals surface area contributed by atoms with E-state index in [-0.39, 0.29) is 17.6 Å². The Morgan fingerprint density at radius 2 is 2.33 bits per heavy atom. The van der Waals surface area contributed by atoms with Gasteiger partial charge in [-0.2, -0.15) is 0 Å². The predicted molar refractivity (Wildman–Crippen MR) is 91.9 cm³/mol. The summed E-state index contributed by atoms with van der Waals surface area (Å²) in [5.41, 5.74) is 2.67. The first kappa shape index (κ1) is 14.9. The van der Waals surface area contributed by atoms with E-state index in [2.05, 4.69) is 19.9 Å². The van der Waals surface area contributed by atoms with Crippen molar-refractivity contribution in [3.63, 3.8) is 0 Å². The highest BCUT2D eigenvalue weighted by Crippen LogP contribution is 2.28. The summed E-state index contributed by atoms with van der Waals surface area (Å²) in [6, 6.07) is 6.92. The van der Waals surface area contributed by atoms with E-state index in [1.165, 1.54) is 11.3 Å². The molecule has 0 spiro atoms. The Kier molecular flexibility index (Phi) is 3.78. The van der Waals surface area contributed by atoms with Crippen molar-refractivity contribution < 1.29 is 9.90 Å². The molecule has 0 saturated carbocycles. The van der Waals surface area contributed by atoms with Crippen molar-refractivity contribution in [2.75, 3.05) is 5.32 Å². The van der Waals surface area contributed by atoms with Crippen LogP contribution >= 0.6 is 11.3 Å². The summed E-state index contributed by atoms with van der Waals surface area (Å²) in [4.78, 5) is 21.1. The summed E-state index contributed by atoms with van der Waals surface area (Å²) < 4.78 is 2.09. The summed E-state index contributed by atoms with van der Waals surface area (Å²) >= 11 is 1.39. The number of aromatic nitrogens is 3. The summed E-state index contributed by atoms with van der Waals surface area (Å²) in [6.45, 7) is 0.819. The number of benzene rings is 1. The highest BCUT2D eigenvalue weighted by Gasteiger charge is 2.25. The molecular formula is C17H16N4O2S. The smallest absolute Gasteiger partial charge is 0.229 e. The highest BCUT2D eigenvalue weighted by atomic mass is 32.1. The van der Waals surface area contributed by atoms with E-state index in [1.54, 1.807) is 18.2 Å². The van der Waals surface area contributed by atoms with E-state index in [0.29, 0.717) is 11.6 Å². The number of fused-ring (bicyclic) bond motifs is 1. The van der Waals surface area contributed by atoms with Crippen LogP contribution in [0.1, 0.15) is 12.1 Å². The van der Waals surface area contributed by atoms with Gasteiger partial charge in [0.1, 0.15) is 5.75 Å². The van der Waals surface area contributed by atoms with E-state index < -0.39 is 0 Å². The van der Waals surface area contributed by atoms with Crippen molar-refractivity contribution in [1.29, 1.82) is 0 Å². The molecule has 1 atom stereocenters. The Labute approximate surface area is 142 Å². The number of amides is 1. The lowest BCUT2D eigenvalue weighted by Crippen LogP contribution is -2.29. The van der Waals surface area contributed by atoms with Crippen LogP contribution in [0, 0.1) is 5.92 Å². The first-order valence-corrected chi connectivity index (χ1v) is 8.62. The average molecular weight is 340 g/mol. The largest absolute Gasteiger partial charge is 0.508 e. The molecule has 2 N–H and O–H groups in total. The number of imidazole rings is 1. The van der Waals surface area contributed by atoms with Gasteiger partial charge in [-0.15, -0.1) is 11.3 Å². The average Bonchev–Trinajstić information content (AvgIpc) is 3.23. The standard InChI is InChI=1S/C17H16N4O2S/c22-14-3-1-2-11(7-14)15-9-24-17(19-15)20-16(23)12-4-5-21-10-18-8-13(21)6-12/h1-3,7-10,12,22H,4-6H2,(H,19,20,23)/t12-/m0/s1. The molecule has 7 heteroatoms. The van der Waals surface area contributed by atoms with Crippen LogP contribution in [0.3, 0.4) is 0 Å². The van der Waals surface area contributed by atoms with Gasteiger partial charge in [-0.1, -0.05) is 12.1 Å². The van der Waals surface area contributed by atoms with E-state index >= 15 is 0 Å². The SMILES string of the molecule is O=C(Nc1nc(-c2cccc(O)c2)cs1)[C@H]1CCn2cncc2C1. The fourth-order valence-corrected chi connectivity index (χ4v) is 3.65. The quantitative estimate of drug-likeness (QED) is 0.768. The van der Waals surface area contributed by atoms with Crippen molar-refractivity contribution in [2.24, 2.45) is 5.92 Å². The fourth-order valence-electron chi connectivity index (χ4n) is 2.93. The van der Waals surface area contributed by atoms with Gasteiger partial charge in [0.25, 0.3) is 0 Å². The molecule has 122 valence electrons. The molecule has 0 fully saturated rings. The maximum absolute atomic E-state index is 12.5. The normalized spacial score (nSPS) is 16.6. The number of thiazole rings is 1. The molecule has 0 saturated heterocycles. The molecule has 24 heavy (non-hydrogen) atoms. The van der Waals surface area contributed by atoms with Crippen molar-refractivity contribution in [3.8, 4) is 17.0 Å². The Hall–Kier alpha value is -2.67. The molecule has 3 aromatic rings. The number of hydrogen-bond acceptors (Lipinski definition) is 5. The second kappa shape index (κ2) is 6.09. The van der Waals surface area contributed by atoms with Crippen LogP contribution in [0.4, 0.5) is 5.13 Å². The zero-order valence-corrected chi connectivity index (χ0v) is 13.7. The lowest BCUT2D eigenvalue weighted by molar-refractivity contribution is -0.120. The predicted octanol–water partition coefficient (Wildman–Crippen LogP) is 2.91. The monoisotopic (exact) mass is 340 g/mol. The van der Waals surface area contributed by atoms with Crippen LogP contribution in [0.5, 0.6) is 5.75 Å². The van der Waals surface area contributed by atoms with Gasteiger partial charge in [-0.05, 0) is 18.6 Å². The van der Waals surface area contributed by atoms with Crippen LogP contribution in [0.25, 0.3) is 11.3 Å². The number of carbonyl (C=O) groups excluding carboxylic acids is 1. The van der Waals surface area contributed by atoms with Crippen molar-refractivity contribution >= 4 is 22.4 Å². The van der Waals surface area contributed by atoms with Gasteiger partial charge in [-0.25, -0.2) is 9.97 Å². The maximum Gasteiger partial charge on any atom is 0.229 e. The summed E-state index contributed by atoms with van der Waals surface area (Å²) in [5.74, 6) is 0.145. The molecule has 0 unspecified atom stereocenters. The first-order valence-electron chi connectivity index (χ1n) is 7.74. The molecule has 0 aliphatic carbocycles. The number of rotatable bonds is 3. The molecule has 3 heterocycles. The third kappa shape index (κ3) is 2.90. The number of anilines is 1. The van der Waals surface area contributed by atoms with Crippen LogP contribution in [-0.2, 0) is 17.8 Å². The minimum absolute atomic E-state index is 0.000686. The molecule has 4 rings (SSSR count). The van der Waals surface area contributed by atoms with Crippen molar-refractivity contribution in [2.45, 2.75) is 19.4 Å². The van der Waals surface area contributed by atoms with Gasteiger partial charge in [-0.3, -0.25) is 4.79 Å². The molecule has 0 bridgehead atoms.